The Kier molecular flexibility index (Phi) is 3.67. The summed E-state index contributed by atoms with van der Waals surface area (Å²) in [4.78, 5) is 53.1. The van der Waals surface area contributed by atoms with Crippen LogP contribution in [0, 0.1) is 0 Å². The first-order valence-electron chi connectivity index (χ1n) is 10.0. The molecular weight excluding hydrogens is 404 g/mol. The average molecular weight is 418 g/mol. The number of imide groups is 1. The van der Waals surface area contributed by atoms with Gasteiger partial charge in [0.1, 0.15) is 0 Å². The zero-order chi connectivity index (χ0) is 22.0. The Balaban J connectivity index is 1.47. The van der Waals surface area contributed by atoms with Crippen molar-refractivity contribution >= 4 is 40.8 Å². The van der Waals surface area contributed by atoms with Crippen molar-refractivity contribution in [2.75, 3.05) is 10.2 Å². The van der Waals surface area contributed by atoms with E-state index < -0.39 is 11.8 Å². The van der Waals surface area contributed by atoms with Crippen molar-refractivity contribution in [3.8, 4) is 0 Å². The van der Waals surface area contributed by atoms with E-state index in [9.17, 15) is 19.2 Å². The maximum absolute atomic E-state index is 13.0. The van der Waals surface area contributed by atoms with E-state index >= 15 is 0 Å². The Morgan fingerprint density at radius 1 is 0.594 bits per heavy atom. The Hall–Kier alpha value is -4.58. The molecule has 32 heavy (non-hydrogen) atoms. The number of nitrogens with zero attached hydrogens (tertiary/aromatic N) is 1. The predicted octanol–water partition coefficient (Wildman–Crippen LogP) is 4.26. The Labute approximate surface area is 182 Å². The zero-order valence-corrected chi connectivity index (χ0v) is 16.6. The number of hydrogen-bond donors (Lipinski definition) is 1. The van der Waals surface area contributed by atoms with Crippen molar-refractivity contribution in [2.24, 2.45) is 0 Å². The molecule has 0 saturated heterocycles. The Morgan fingerprint density at radius 3 is 1.75 bits per heavy atom. The molecule has 2 heterocycles. The second-order valence-electron chi connectivity index (χ2n) is 7.68. The van der Waals surface area contributed by atoms with Crippen LogP contribution < -0.4 is 10.2 Å². The van der Waals surface area contributed by atoms with Crippen LogP contribution in [0.2, 0.25) is 0 Å². The molecule has 3 aromatic carbocycles. The fourth-order valence-electron chi connectivity index (χ4n) is 4.42. The third-order valence-corrected chi connectivity index (χ3v) is 5.94. The van der Waals surface area contributed by atoms with Crippen molar-refractivity contribution in [3.05, 3.63) is 112 Å². The number of carbonyl (C=O) groups is 4. The zero-order valence-electron chi connectivity index (χ0n) is 16.6. The molecule has 1 aliphatic carbocycles. The summed E-state index contributed by atoms with van der Waals surface area (Å²) in [5.41, 5.74) is 3.41. The number of para-hydroxylation sites is 1. The van der Waals surface area contributed by atoms with Gasteiger partial charge >= 0.3 is 0 Å². The van der Waals surface area contributed by atoms with Crippen LogP contribution in [0.4, 0.5) is 11.4 Å². The maximum Gasteiger partial charge on any atom is 0.266 e. The normalized spacial score (nSPS) is 16.3. The van der Waals surface area contributed by atoms with Crippen molar-refractivity contribution in [1.82, 2.24) is 0 Å². The van der Waals surface area contributed by atoms with E-state index in [0.29, 0.717) is 39.3 Å². The molecule has 0 unspecified atom stereocenters. The highest BCUT2D eigenvalue weighted by Gasteiger charge is 2.39. The summed E-state index contributed by atoms with van der Waals surface area (Å²) in [6.45, 7) is 0. The molecule has 0 aromatic heterocycles. The lowest BCUT2D eigenvalue weighted by molar-refractivity contribution is 0.0922. The molecule has 6 heteroatoms. The second kappa shape index (κ2) is 6.46. The van der Waals surface area contributed by atoms with Crippen LogP contribution in [-0.4, -0.2) is 23.4 Å². The van der Waals surface area contributed by atoms with Crippen LogP contribution in [0.15, 0.2) is 84.1 Å². The first-order valence-corrected chi connectivity index (χ1v) is 10.0. The van der Waals surface area contributed by atoms with Gasteiger partial charge in [0.05, 0.1) is 33.8 Å². The van der Waals surface area contributed by atoms with Crippen LogP contribution >= 0.6 is 0 Å². The van der Waals surface area contributed by atoms with E-state index in [1.165, 1.54) is 0 Å². The van der Waals surface area contributed by atoms with E-state index in [1.807, 2.05) is 6.07 Å². The van der Waals surface area contributed by atoms with Crippen LogP contribution in [-0.2, 0) is 0 Å². The SMILES string of the molecule is O=C1C(=C2C=Cc3cccc(N4C(=O)c5ccccc5C4=O)c3N2)C(=O)c2ccccc21. The molecule has 3 aliphatic rings. The lowest BCUT2D eigenvalue weighted by atomic mass is 10.0. The number of nitrogens with one attached hydrogen (secondary N) is 1. The van der Waals surface area contributed by atoms with Gasteiger partial charge < -0.3 is 5.32 Å². The summed E-state index contributed by atoms with van der Waals surface area (Å²) in [5, 5.41) is 3.15. The minimum absolute atomic E-state index is 0.0465. The monoisotopic (exact) mass is 418 g/mol. The number of allylic oxidation sites excluding steroid dienone is 2. The van der Waals surface area contributed by atoms with Crippen LogP contribution in [0.3, 0.4) is 0 Å². The number of hydrogen-bond acceptors (Lipinski definition) is 5. The summed E-state index contributed by atoms with van der Waals surface area (Å²) in [5.74, 6) is -1.52. The number of anilines is 2. The summed E-state index contributed by atoms with van der Waals surface area (Å²) in [6.07, 6.45) is 3.44. The molecule has 0 atom stereocenters. The van der Waals surface area contributed by atoms with Gasteiger partial charge in [-0.05, 0) is 24.3 Å². The van der Waals surface area contributed by atoms with E-state index in [-0.39, 0.29) is 17.1 Å². The molecule has 0 saturated carbocycles. The van der Waals surface area contributed by atoms with Crippen LogP contribution in [0.25, 0.3) is 6.08 Å². The number of rotatable bonds is 1. The number of carbonyl (C=O) groups excluding carboxylic acids is 4. The lowest BCUT2D eigenvalue weighted by Crippen LogP contribution is -2.30. The van der Waals surface area contributed by atoms with Gasteiger partial charge in [0.15, 0.2) is 11.6 Å². The van der Waals surface area contributed by atoms with Crippen molar-refractivity contribution in [3.63, 3.8) is 0 Å². The third-order valence-electron chi connectivity index (χ3n) is 5.94. The van der Waals surface area contributed by atoms with Gasteiger partial charge in [0.2, 0.25) is 0 Å². The van der Waals surface area contributed by atoms with Gasteiger partial charge in [0.25, 0.3) is 11.8 Å². The molecule has 6 nitrogen and oxygen atoms in total. The predicted molar refractivity (Wildman–Crippen MR) is 119 cm³/mol. The molecule has 2 amide bonds. The fraction of sp³-hybridized carbons (Fsp3) is 0. The van der Waals surface area contributed by atoms with Gasteiger partial charge in [-0.3, -0.25) is 19.2 Å². The molecule has 2 aliphatic heterocycles. The molecule has 0 bridgehead atoms. The van der Waals surface area contributed by atoms with Gasteiger partial charge in [0, 0.05) is 16.7 Å². The minimum atomic E-state index is -0.412. The fourth-order valence-corrected chi connectivity index (χ4v) is 4.42. The van der Waals surface area contributed by atoms with E-state index in [1.54, 1.807) is 72.8 Å². The highest BCUT2D eigenvalue weighted by atomic mass is 16.2. The van der Waals surface area contributed by atoms with Gasteiger partial charge in [-0.15, -0.1) is 0 Å². The highest BCUT2D eigenvalue weighted by Crippen LogP contribution is 2.40. The molecule has 6 rings (SSSR count). The summed E-state index contributed by atoms with van der Waals surface area (Å²) in [6, 6.07) is 18.6. The third kappa shape index (κ3) is 2.34. The second-order valence-corrected chi connectivity index (χ2v) is 7.68. The Morgan fingerprint density at radius 2 is 1.16 bits per heavy atom. The topological polar surface area (TPSA) is 83.6 Å². The first kappa shape index (κ1) is 18.2. The maximum atomic E-state index is 13.0. The van der Waals surface area contributed by atoms with Gasteiger partial charge in [-0.1, -0.05) is 54.6 Å². The summed E-state index contributed by atoms with van der Waals surface area (Å²) >= 11 is 0. The summed E-state index contributed by atoms with van der Waals surface area (Å²) in [7, 11) is 0. The minimum Gasteiger partial charge on any atom is -0.353 e. The molecular formula is C26H14N2O4. The van der Waals surface area contributed by atoms with Crippen molar-refractivity contribution in [2.45, 2.75) is 0 Å². The number of fused-ring (bicyclic) bond motifs is 3. The standard InChI is InChI=1S/C26H14N2O4/c29-23-15-7-1-2-8-16(15)24(30)21(23)19-13-12-14-6-5-11-20(22(14)27-19)28-25(31)17-9-3-4-10-18(17)26(28)32/h1-13,27H. The molecule has 152 valence electrons. The quantitative estimate of drug-likeness (QED) is 0.363. The van der Waals surface area contributed by atoms with Crippen molar-refractivity contribution < 1.29 is 19.2 Å². The molecule has 0 spiro atoms. The van der Waals surface area contributed by atoms with E-state index in [0.717, 1.165) is 10.5 Å². The smallest absolute Gasteiger partial charge is 0.266 e. The van der Waals surface area contributed by atoms with Gasteiger partial charge in [-0.2, -0.15) is 0 Å². The van der Waals surface area contributed by atoms with Crippen molar-refractivity contribution in [1.29, 1.82) is 0 Å². The van der Waals surface area contributed by atoms with Crippen LogP contribution in [0.1, 0.15) is 47.0 Å². The number of amides is 2. The van der Waals surface area contributed by atoms with E-state index in [4.69, 9.17) is 0 Å². The summed E-state index contributed by atoms with van der Waals surface area (Å²) < 4.78 is 0. The molecule has 0 radical (unpaired) electrons. The average Bonchev–Trinajstić information content (AvgIpc) is 3.23. The van der Waals surface area contributed by atoms with Gasteiger partial charge in [-0.25, -0.2) is 4.90 Å². The number of ketones is 2. The molecule has 3 aromatic rings. The largest absolute Gasteiger partial charge is 0.353 e. The lowest BCUT2D eigenvalue weighted by Gasteiger charge is -2.24. The van der Waals surface area contributed by atoms with E-state index in [2.05, 4.69) is 5.32 Å². The molecule has 0 fully saturated rings. The number of Topliss-reactive ketones (excluding diaryl/α,β-unsaturated/α-hetero) is 2. The highest BCUT2D eigenvalue weighted by molar-refractivity contribution is 6.40. The first-order chi connectivity index (χ1) is 15.6. The molecule has 1 N–H and O–H groups in total. The number of benzene rings is 3. The van der Waals surface area contributed by atoms with Crippen LogP contribution in [0.5, 0.6) is 0 Å². The Bertz CT molecular complexity index is 1410.